The minimum Gasteiger partial charge on any atom is -0.320 e. The smallest absolute Gasteiger partial charge is 0.00188 e. The summed E-state index contributed by atoms with van der Waals surface area (Å²) >= 11 is 0. The Morgan fingerprint density at radius 1 is 1.06 bits per heavy atom. The van der Waals surface area contributed by atoms with Gasteiger partial charge in [0.25, 0.3) is 0 Å². The number of hydrogen-bond donors (Lipinski definition) is 1. The van der Waals surface area contributed by atoms with Crippen molar-refractivity contribution in [2.24, 2.45) is 0 Å². The zero-order chi connectivity index (χ0) is 12.5. The Balaban J connectivity index is 2.24. The maximum Gasteiger partial charge on any atom is 0.00188 e. The predicted molar refractivity (Wildman–Crippen MR) is 75.6 cm³/mol. The van der Waals surface area contributed by atoms with Gasteiger partial charge in [0, 0.05) is 6.54 Å². The molecule has 2 heteroatoms. The highest BCUT2D eigenvalue weighted by atomic mass is 15.1. The Bertz CT molecular complexity index is 292. The van der Waals surface area contributed by atoms with Gasteiger partial charge in [-0.25, -0.2) is 0 Å². The molecule has 0 unspecified atom stereocenters. The summed E-state index contributed by atoms with van der Waals surface area (Å²) in [4.78, 5) is 2.41. The molecule has 17 heavy (non-hydrogen) atoms. The number of nitrogens with zero attached hydrogens (tertiary/aromatic N) is 1. The van der Waals surface area contributed by atoms with Crippen molar-refractivity contribution in [2.75, 3.05) is 33.7 Å². The van der Waals surface area contributed by atoms with E-state index in [9.17, 15) is 0 Å². The first-order valence-corrected chi connectivity index (χ1v) is 6.67. The molecule has 0 aromatic heterocycles. The minimum absolute atomic E-state index is 1.11. The first-order valence-electron chi connectivity index (χ1n) is 6.67. The Labute approximate surface area is 106 Å². The largest absolute Gasteiger partial charge is 0.320 e. The van der Waals surface area contributed by atoms with E-state index in [-0.39, 0.29) is 0 Å². The molecule has 0 saturated carbocycles. The van der Waals surface area contributed by atoms with Crippen LogP contribution in [-0.4, -0.2) is 38.6 Å². The third-order valence-corrected chi connectivity index (χ3v) is 3.18. The second kappa shape index (κ2) is 8.26. The second-order valence-electron chi connectivity index (χ2n) is 4.68. The molecule has 1 aromatic carbocycles. The normalized spacial score (nSPS) is 11.1. The van der Waals surface area contributed by atoms with Crippen LogP contribution < -0.4 is 5.32 Å². The summed E-state index contributed by atoms with van der Waals surface area (Å²) in [6.45, 7) is 5.63. The third-order valence-electron chi connectivity index (χ3n) is 3.18. The molecule has 1 rings (SSSR count). The summed E-state index contributed by atoms with van der Waals surface area (Å²) in [5.74, 6) is 0. The van der Waals surface area contributed by atoms with Crippen molar-refractivity contribution in [3.8, 4) is 0 Å². The molecule has 1 aromatic rings. The number of nitrogens with one attached hydrogen (secondary N) is 1. The van der Waals surface area contributed by atoms with Gasteiger partial charge in [0.2, 0.25) is 0 Å². The number of rotatable bonds is 8. The lowest BCUT2D eigenvalue weighted by molar-refractivity contribution is 0.332. The van der Waals surface area contributed by atoms with Crippen molar-refractivity contribution in [2.45, 2.75) is 26.2 Å². The minimum atomic E-state index is 1.11. The molecule has 2 nitrogen and oxygen atoms in total. The van der Waals surface area contributed by atoms with Crippen LogP contribution in [0.25, 0.3) is 0 Å². The van der Waals surface area contributed by atoms with Gasteiger partial charge in [-0.3, -0.25) is 0 Å². The standard InChI is InChI=1S/C15H26N2/c1-4-14-6-8-15(9-7-14)10-13-17(3)12-5-11-16-2/h6-9,16H,4-5,10-13H2,1-3H3. The van der Waals surface area contributed by atoms with E-state index < -0.39 is 0 Å². The zero-order valence-electron chi connectivity index (χ0n) is 11.5. The molecule has 1 N–H and O–H groups in total. The molecule has 0 bridgehead atoms. The van der Waals surface area contributed by atoms with Gasteiger partial charge in [-0.15, -0.1) is 0 Å². The maximum atomic E-state index is 3.18. The first kappa shape index (κ1) is 14.2. The van der Waals surface area contributed by atoms with Crippen LogP contribution >= 0.6 is 0 Å². The van der Waals surface area contributed by atoms with E-state index in [1.807, 2.05) is 7.05 Å². The average molecular weight is 234 g/mol. The van der Waals surface area contributed by atoms with Crippen LogP contribution in [0.4, 0.5) is 0 Å². The SMILES string of the molecule is CCc1ccc(CCN(C)CCCNC)cc1. The highest BCUT2D eigenvalue weighted by Crippen LogP contribution is 2.06. The number of likely N-dealkylation sites (N-methyl/N-ethyl adjacent to an activating group) is 1. The number of benzene rings is 1. The van der Waals surface area contributed by atoms with Crippen LogP contribution in [0.2, 0.25) is 0 Å². The van der Waals surface area contributed by atoms with Crippen LogP contribution in [-0.2, 0) is 12.8 Å². The van der Waals surface area contributed by atoms with Gasteiger partial charge in [0.15, 0.2) is 0 Å². The summed E-state index contributed by atoms with van der Waals surface area (Å²) in [5, 5.41) is 3.18. The summed E-state index contributed by atoms with van der Waals surface area (Å²) in [6, 6.07) is 9.02. The van der Waals surface area contributed by atoms with E-state index in [2.05, 4.69) is 48.5 Å². The van der Waals surface area contributed by atoms with E-state index in [4.69, 9.17) is 0 Å². The van der Waals surface area contributed by atoms with Crippen molar-refractivity contribution in [1.29, 1.82) is 0 Å². The van der Waals surface area contributed by atoms with Gasteiger partial charge in [-0.1, -0.05) is 31.2 Å². The molecule has 0 aliphatic heterocycles. The van der Waals surface area contributed by atoms with Gasteiger partial charge >= 0.3 is 0 Å². The molecule has 0 saturated heterocycles. The summed E-state index contributed by atoms with van der Waals surface area (Å²) in [6.07, 6.45) is 3.51. The highest BCUT2D eigenvalue weighted by molar-refractivity contribution is 5.22. The van der Waals surface area contributed by atoms with E-state index in [0.717, 1.165) is 25.9 Å². The molecule has 0 amide bonds. The third kappa shape index (κ3) is 5.85. The van der Waals surface area contributed by atoms with Crippen molar-refractivity contribution < 1.29 is 0 Å². The highest BCUT2D eigenvalue weighted by Gasteiger charge is 1.99. The number of aryl methyl sites for hydroxylation is 1. The predicted octanol–water partition coefficient (Wildman–Crippen LogP) is 2.33. The molecule has 0 fully saturated rings. The Morgan fingerprint density at radius 3 is 2.29 bits per heavy atom. The average Bonchev–Trinajstić information content (AvgIpc) is 2.37. The molecule has 0 heterocycles. The lowest BCUT2D eigenvalue weighted by atomic mass is 10.1. The topological polar surface area (TPSA) is 15.3 Å². The fourth-order valence-electron chi connectivity index (χ4n) is 1.90. The van der Waals surface area contributed by atoms with Crippen LogP contribution in [0.3, 0.4) is 0 Å². The molecule has 96 valence electrons. The molecule has 0 atom stereocenters. The first-order chi connectivity index (χ1) is 8.26. The van der Waals surface area contributed by atoms with Gasteiger partial charge in [0.1, 0.15) is 0 Å². The van der Waals surface area contributed by atoms with E-state index in [1.54, 1.807) is 0 Å². The van der Waals surface area contributed by atoms with Crippen LogP contribution in [0.15, 0.2) is 24.3 Å². The summed E-state index contributed by atoms with van der Waals surface area (Å²) in [5.41, 5.74) is 2.87. The van der Waals surface area contributed by atoms with Gasteiger partial charge < -0.3 is 10.2 Å². The van der Waals surface area contributed by atoms with E-state index in [0.29, 0.717) is 0 Å². The Hall–Kier alpha value is -0.860. The fourth-order valence-corrected chi connectivity index (χ4v) is 1.90. The quantitative estimate of drug-likeness (QED) is 0.695. The molecule has 0 spiro atoms. The Kier molecular flexibility index (Phi) is 6.90. The monoisotopic (exact) mass is 234 g/mol. The fraction of sp³-hybridized carbons (Fsp3) is 0.600. The summed E-state index contributed by atoms with van der Waals surface area (Å²) < 4.78 is 0. The van der Waals surface area contributed by atoms with Crippen LogP contribution in [0.5, 0.6) is 0 Å². The van der Waals surface area contributed by atoms with E-state index >= 15 is 0 Å². The van der Waals surface area contributed by atoms with Crippen LogP contribution in [0, 0.1) is 0 Å². The molecular formula is C15H26N2. The molecule has 0 radical (unpaired) electrons. The maximum absolute atomic E-state index is 3.18. The molecule has 0 aliphatic rings. The molecule has 0 aliphatic carbocycles. The van der Waals surface area contributed by atoms with Crippen molar-refractivity contribution in [3.63, 3.8) is 0 Å². The van der Waals surface area contributed by atoms with Crippen molar-refractivity contribution in [1.82, 2.24) is 10.2 Å². The van der Waals surface area contributed by atoms with Crippen LogP contribution in [0.1, 0.15) is 24.5 Å². The van der Waals surface area contributed by atoms with Gasteiger partial charge in [0.05, 0.1) is 0 Å². The van der Waals surface area contributed by atoms with E-state index in [1.165, 1.54) is 24.1 Å². The van der Waals surface area contributed by atoms with Crippen molar-refractivity contribution >= 4 is 0 Å². The van der Waals surface area contributed by atoms with Gasteiger partial charge in [-0.05, 0) is 57.6 Å². The lowest BCUT2D eigenvalue weighted by Gasteiger charge is -2.16. The zero-order valence-corrected chi connectivity index (χ0v) is 11.5. The van der Waals surface area contributed by atoms with Crippen molar-refractivity contribution in [3.05, 3.63) is 35.4 Å². The number of hydrogen-bond acceptors (Lipinski definition) is 2. The second-order valence-corrected chi connectivity index (χ2v) is 4.68. The lowest BCUT2D eigenvalue weighted by Crippen LogP contribution is -2.24. The van der Waals surface area contributed by atoms with Gasteiger partial charge in [-0.2, -0.15) is 0 Å². The Morgan fingerprint density at radius 2 is 1.71 bits per heavy atom. The summed E-state index contributed by atoms with van der Waals surface area (Å²) in [7, 11) is 4.21. The molecular weight excluding hydrogens is 208 g/mol.